The van der Waals surface area contributed by atoms with Crippen molar-refractivity contribution < 1.29 is 0 Å². The highest BCUT2D eigenvalue weighted by Crippen LogP contribution is 2.27. The maximum absolute atomic E-state index is 6.17. The van der Waals surface area contributed by atoms with Crippen LogP contribution in [-0.4, -0.2) is 12.1 Å². The van der Waals surface area contributed by atoms with E-state index in [2.05, 4.69) is 6.92 Å². The normalized spacial score (nSPS) is 14.2. The first-order valence-electron chi connectivity index (χ1n) is 5.97. The highest BCUT2D eigenvalue weighted by molar-refractivity contribution is 7.45. The van der Waals surface area contributed by atoms with Crippen LogP contribution in [0.1, 0.15) is 51.9 Å². The summed E-state index contributed by atoms with van der Waals surface area (Å²) in [5, 5.41) is 0.183. The molecule has 0 amide bonds. The van der Waals surface area contributed by atoms with E-state index in [0.29, 0.717) is 0 Å². The quantitative estimate of drug-likeness (QED) is 0.215. The summed E-state index contributed by atoms with van der Waals surface area (Å²) >= 11 is 18.2. The van der Waals surface area contributed by atoms with E-state index < -0.39 is 6.69 Å². The van der Waals surface area contributed by atoms with E-state index in [4.69, 9.17) is 33.8 Å². The molecule has 0 fully saturated rings. The zero-order chi connectivity index (χ0) is 11.7. The van der Waals surface area contributed by atoms with Crippen LogP contribution < -0.4 is 0 Å². The molecule has 0 nitrogen and oxygen atoms in total. The SMILES string of the molecule is CCCCCCCCC(Cl)C[Si](C)(Cl)Cl. The third kappa shape index (κ3) is 13.0. The van der Waals surface area contributed by atoms with Gasteiger partial charge in [-0.2, -0.15) is 0 Å². The average Bonchev–Trinajstić information content (AvgIpc) is 2.08. The summed E-state index contributed by atoms with van der Waals surface area (Å²) in [6.07, 6.45) is 8.95. The number of rotatable bonds is 9. The molecular formula is C11H23Cl3Si. The van der Waals surface area contributed by atoms with E-state index >= 15 is 0 Å². The van der Waals surface area contributed by atoms with Crippen molar-refractivity contribution in [2.24, 2.45) is 0 Å². The zero-order valence-electron chi connectivity index (χ0n) is 9.87. The van der Waals surface area contributed by atoms with Gasteiger partial charge < -0.3 is 0 Å². The molecule has 0 aliphatic rings. The van der Waals surface area contributed by atoms with Crippen LogP contribution >= 0.6 is 33.8 Å². The van der Waals surface area contributed by atoms with Gasteiger partial charge >= 0.3 is 0 Å². The lowest BCUT2D eigenvalue weighted by Crippen LogP contribution is -2.18. The molecule has 0 aromatic rings. The smallest absolute Gasteiger partial charge is 0.146 e. The summed E-state index contributed by atoms with van der Waals surface area (Å²) in [6, 6.07) is 0.812. The van der Waals surface area contributed by atoms with E-state index in [1.165, 1.54) is 38.5 Å². The molecule has 1 unspecified atom stereocenters. The Kier molecular flexibility index (Phi) is 9.81. The molecule has 15 heavy (non-hydrogen) atoms. The highest BCUT2D eigenvalue weighted by atomic mass is 35.7. The first kappa shape index (κ1) is 16.1. The van der Waals surface area contributed by atoms with E-state index in [0.717, 1.165) is 12.5 Å². The number of alkyl halides is 1. The standard InChI is InChI=1S/C11H23Cl3Si/c1-3-4-5-6-7-8-9-11(12)10-15(2,13)14/h11H,3-10H2,1-2H3. The van der Waals surface area contributed by atoms with Gasteiger partial charge in [-0.05, 0) is 19.0 Å². The third-order valence-corrected chi connectivity index (χ3v) is 5.22. The third-order valence-electron chi connectivity index (χ3n) is 2.45. The molecule has 92 valence electrons. The lowest BCUT2D eigenvalue weighted by Gasteiger charge is -2.14. The van der Waals surface area contributed by atoms with Crippen molar-refractivity contribution >= 4 is 40.5 Å². The molecule has 0 aliphatic heterocycles. The molecule has 0 aliphatic carbocycles. The largest absolute Gasteiger partial charge is 0.249 e. The minimum atomic E-state index is -1.99. The summed E-state index contributed by atoms with van der Waals surface area (Å²) in [5.74, 6) is 0. The minimum Gasteiger partial charge on any atom is -0.146 e. The van der Waals surface area contributed by atoms with Crippen molar-refractivity contribution in [3.8, 4) is 0 Å². The predicted octanol–water partition coefficient (Wildman–Crippen LogP) is 5.89. The molecule has 0 aromatic heterocycles. The second-order valence-corrected chi connectivity index (χ2v) is 13.2. The van der Waals surface area contributed by atoms with Gasteiger partial charge in [0.15, 0.2) is 0 Å². The molecule has 0 heterocycles. The van der Waals surface area contributed by atoms with Gasteiger partial charge in [-0.25, -0.2) is 0 Å². The Labute approximate surface area is 110 Å². The van der Waals surface area contributed by atoms with Gasteiger partial charge in [0.2, 0.25) is 6.69 Å². The second-order valence-electron chi connectivity index (χ2n) is 4.43. The molecule has 0 N–H and O–H groups in total. The second kappa shape index (κ2) is 9.15. The van der Waals surface area contributed by atoms with Crippen LogP contribution in [0.2, 0.25) is 12.6 Å². The van der Waals surface area contributed by atoms with E-state index in [1.807, 2.05) is 6.55 Å². The first-order valence-corrected chi connectivity index (χ1v) is 11.1. The van der Waals surface area contributed by atoms with Crippen molar-refractivity contribution in [2.75, 3.05) is 0 Å². The van der Waals surface area contributed by atoms with Crippen molar-refractivity contribution in [2.45, 2.75) is 69.8 Å². The van der Waals surface area contributed by atoms with Gasteiger partial charge in [-0.15, -0.1) is 33.8 Å². The predicted molar refractivity (Wildman–Crippen MR) is 75.8 cm³/mol. The molecule has 1 atom stereocenters. The lowest BCUT2D eigenvalue weighted by atomic mass is 10.1. The van der Waals surface area contributed by atoms with Crippen molar-refractivity contribution in [3.05, 3.63) is 0 Å². The van der Waals surface area contributed by atoms with Crippen molar-refractivity contribution in [1.29, 1.82) is 0 Å². The minimum absolute atomic E-state index is 0.183. The fourth-order valence-corrected chi connectivity index (χ4v) is 5.29. The Morgan fingerprint density at radius 2 is 1.53 bits per heavy atom. The summed E-state index contributed by atoms with van der Waals surface area (Å²) in [6.45, 7) is 2.19. The Balaban J connectivity index is 3.28. The van der Waals surface area contributed by atoms with Gasteiger partial charge in [-0.3, -0.25) is 0 Å². The number of hydrogen-bond donors (Lipinski definition) is 0. The van der Waals surface area contributed by atoms with Gasteiger partial charge in [-0.1, -0.05) is 45.4 Å². The zero-order valence-corrected chi connectivity index (χ0v) is 13.1. The molecular weight excluding hydrogens is 267 g/mol. The highest BCUT2D eigenvalue weighted by Gasteiger charge is 2.24. The number of unbranched alkanes of at least 4 members (excludes halogenated alkanes) is 5. The van der Waals surface area contributed by atoms with Crippen LogP contribution in [-0.2, 0) is 0 Å². The lowest BCUT2D eigenvalue weighted by molar-refractivity contribution is 0.586. The monoisotopic (exact) mass is 288 g/mol. The fourth-order valence-electron chi connectivity index (χ4n) is 1.64. The molecule has 0 aromatic carbocycles. The summed E-state index contributed by atoms with van der Waals surface area (Å²) < 4.78 is 0. The molecule has 0 rings (SSSR count). The summed E-state index contributed by atoms with van der Waals surface area (Å²) in [5.41, 5.74) is 0. The molecule has 0 radical (unpaired) electrons. The first-order chi connectivity index (χ1) is 6.95. The van der Waals surface area contributed by atoms with E-state index in [-0.39, 0.29) is 5.38 Å². The maximum atomic E-state index is 6.17. The number of hydrogen-bond acceptors (Lipinski definition) is 0. The number of halogens is 3. The molecule has 0 saturated heterocycles. The van der Waals surface area contributed by atoms with E-state index in [1.54, 1.807) is 0 Å². The van der Waals surface area contributed by atoms with Crippen LogP contribution in [0.25, 0.3) is 0 Å². The average molecular weight is 290 g/mol. The van der Waals surface area contributed by atoms with Crippen LogP contribution in [0, 0.1) is 0 Å². The molecule has 0 bridgehead atoms. The van der Waals surface area contributed by atoms with E-state index in [9.17, 15) is 0 Å². The van der Waals surface area contributed by atoms with Crippen LogP contribution in [0.15, 0.2) is 0 Å². The fraction of sp³-hybridized carbons (Fsp3) is 1.00. The molecule has 0 spiro atoms. The van der Waals surface area contributed by atoms with Gasteiger partial charge in [0.1, 0.15) is 0 Å². The van der Waals surface area contributed by atoms with Crippen LogP contribution in [0.4, 0.5) is 0 Å². The summed E-state index contributed by atoms with van der Waals surface area (Å²) in [4.78, 5) is 0. The molecule has 4 heteroatoms. The van der Waals surface area contributed by atoms with Gasteiger partial charge in [0.05, 0.1) is 0 Å². The Morgan fingerprint density at radius 3 is 2.07 bits per heavy atom. The van der Waals surface area contributed by atoms with Crippen molar-refractivity contribution in [1.82, 2.24) is 0 Å². The maximum Gasteiger partial charge on any atom is 0.249 e. The van der Waals surface area contributed by atoms with Gasteiger partial charge in [0.25, 0.3) is 0 Å². The Bertz CT molecular complexity index is 145. The topological polar surface area (TPSA) is 0 Å². The van der Waals surface area contributed by atoms with Crippen LogP contribution in [0.3, 0.4) is 0 Å². The van der Waals surface area contributed by atoms with Crippen LogP contribution in [0.5, 0.6) is 0 Å². The Hall–Kier alpha value is 1.09. The summed E-state index contributed by atoms with van der Waals surface area (Å²) in [7, 11) is 0. The molecule has 0 saturated carbocycles. The van der Waals surface area contributed by atoms with Gasteiger partial charge in [0, 0.05) is 5.38 Å². The Morgan fingerprint density at radius 1 is 1.00 bits per heavy atom. The van der Waals surface area contributed by atoms with Crippen molar-refractivity contribution in [3.63, 3.8) is 0 Å².